The molecule has 0 aliphatic carbocycles. The molecule has 2 saturated heterocycles. The van der Waals surface area contributed by atoms with Gasteiger partial charge in [-0.25, -0.2) is 9.59 Å². The van der Waals surface area contributed by atoms with Gasteiger partial charge in [0.05, 0.1) is 5.88 Å². The Kier molecular flexibility index (Phi) is 5.27. The van der Waals surface area contributed by atoms with Crippen molar-refractivity contribution in [3.05, 3.63) is 0 Å². The van der Waals surface area contributed by atoms with Crippen LogP contribution in [-0.2, 0) is 4.79 Å². The van der Waals surface area contributed by atoms with Crippen LogP contribution in [0.3, 0.4) is 0 Å². The Hall–Kier alpha value is -0.560. The SMILES string of the molecule is CSC1CCCN(C(=O)N2CSCC2C(=O)O)CC1. The zero-order valence-corrected chi connectivity index (χ0v) is 12.7. The highest BCUT2D eigenvalue weighted by Gasteiger charge is 2.37. The first kappa shape index (κ1) is 14.8. The zero-order valence-electron chi connectivity index (χ0n) is 11.1. The van der Waals surface area contributed by atoms with E-state index in [2.05, 4.69) is 6.26 Å². The maximum Gasteiger partial charge on any atom is 0.327 e. The van der Waals surface area contributed by atoms with Crippen molar-refractivity contribution in [1.82, 2.24) is 9.80 Å². The van der Waals surface area contributed by atoms with E-state index in [0.717, 1.165) is 32.4 Å². The molecule has 0 saturated carbocycles. The van der Waals surface area contributed by atoms with Crippen LogP contribution < -0.4 is 0 Å². The minimum Gasteiger partial charge on any atom is -0.480 e. The Morgan fingerprint density at radius 2 is 2.11 bits per heavy atom. The highest BCUT2D eigenvalue weighted by molar-refractivity contribution is 7.99. The standard InChI is InChI=1S/C12H20N2O3S2/c1-18-9-3-2-5-13(6-4-9)12(17)14-8-19-7-10(14)11(15)16/h9-10H,2-8H2,1H3,(H,15,16). The fraction of sp³-hybridized carbons (Fsp3) is 0.833. The van der Waals surface area contributed by atoms with Crippen LogP contribution >= 0.6 is 23.5 Å². The average Bonchev–Trinajstić information content (AvgIpc) is 2.76. The van der Waals surface area contributed by atoms with E-state index in [-0.39, 0.29) is 6.03 Å². The Bertz CT molecular complexity index is 354. The van der Waals surface area contributed by atoms with Crippen molar-refractivity contribution >= 4 is 35.5 Å². The number of rotatable bonds is 2. The van der Waals surface area contributed by atoms with Gasteiger partial charge in [-0.1, -0.05) is 0 Å². The molecule has 108 valence electrons. The van der Waals surface area contributed by atoms with Gasteiger partial charge in [-0.2, -0.15) is 11.8 Å². The summed E-state index contributed by atoms with van der Waals surface area (Å²) in [6.45, 7) is 1.50. The fourth-order valence-corrected chi connectivity index (χ4v) is 4.39. The summed E-state index contributed by atoms with van der Waals surface area (Å²) < 4.78 is 0. The number of thioether (sulfide) groups is 2. The number of carbonyl (C=O) groups excluding carboxylic acids is 1. The largest absolute Gasteiger partial charge is 0.480 e. The number of nitrogens with zero attached hydrogens (tertiary/aromatic N) is 2. The van der Waals surface area contributed by atoms with Gasteiger partial charge in [0.1, 0.15) is 6.04 Å². The summed E-state index contributed by atoms with van der Waals surface area (Å²) in [4.78, 5) is 26.9. The van der Waals surface area contributed by atoms with Gasteiger partial charge in [0.15, 0.2) is 0 Å². The van der Waals surface area contributed by atoms with E-state index in [1.54, 1.807) is 0 Å². The normalized spacial score (nSPS) is 28.3. The van der Waals surface area contributed by atoms with Crippen LogP contribution in [0.15, 0.2) is 0 Å². The number of hydrogen-bond donors (Lipinski definition) is 1. The molecule has 0 radical (unpaired) electrons. The lowest BCUT2D eigenvalue weighted by atomic mass is 10.2. The van der Waals surface area contributed by atoms with Crippen molar-refractivity contribution in [3.8, 4) is 0 Å². The van der Waals surface area contributed by atoms with Crippen LogP contribution in [0.4, 0.5) is 4.79 Å². The number of aliphatic carboxylic acids is 1. The lowest BCUT2D eigenvalue weighted by molar-refractivity contribution is -0.140. The minimum atomic E-state index is -0.893. The maximum atomic E-state index is 12.4. The van der Waals surface area contributed by atoms with Gasteiger partial charge in [-0.05, 0) is 25.5 Å². The van der Waals surface area contributed by atoms with E-state index in [0.29, 0.717) is 16.9 Å². The smallest absolute Gasteiger partial charge is 0.327 e. The first-order valence-electron chi connectivity index (χ1n) is 6.52. The number of urea groups is 1. The molecule has 0 aromatic carbocycles. The molecule has 2 heterocycles. The lowest BCUT2D eigenvalue weighted by Gasteiger charge is -2.28. The summed E-state index contributed by atoms with van der Waals surface area (Å²) in [7, 11) is 0. The summed E-state index contributed by atoms with van der Waals surface area (Å²) in [6, 6.07) is -0.753. The van der Waals surface area contributed by atoms with Crippen LogP contribution in [0.5, 0.6) is 0 Å². The number of carboxylic acids is 1. The molecule has 2 atom stereocenters. The molecule has 0 spiro atoms. The van der Waals surface area contributed by atoms with Crippen LogP contribution in [0, 0.1) is 0 Å². The molecule has 7 heteroatoms. The number of carbonyl (C=O) groups is 2. The molecule has 5 nitrogen and oxygen atoms in total. The Labute approximate surface area is 122 Å². The monoisotopic (exact) mass is 304 g/mol. The average molecular weight is 304 g/mol. The van der Waals surface area contributed by atoms with Gasteiger partial charge >= 0.3 is 12.0 Å². The van der Waals surface area contributed by atoms with Crippen LogP contribution in [-0.4, -0.2) is 69.2 Å². The summed E-state index contributed by atoms with van der Waals surface area (Å²) in [6.07, 6.45) is 5.27. The molecule has 2 aliphatic heterocycles. The molecule has 19 heavy (non-hydrogen) atoms. The zero-order chi connectivity index (χ0) is 13.8. The highest BCUT2D eigenvalue weighted by Crippen LogP contribution is 2.25. The Balaban J connectivity index is 1.97. The van der Waals surface area contributed by atoms with Crippen LogP contribution in [0.2, 0.25) is 0 Å². The number of amides is 2. The number of hydrogen-bond acceptors (Lipinski definition) is 4. The van der Waals surface area contributed by atoms with Gasteiger partial charge < -0.3 is 14.9 Å². The van der Waals surface area contributed by atoms with E-state index in [9.17, 15) is 9.59 Å². The van der Waals surface area contributed by atoms with Crippen molar-refractivity contribution < 1.29 is 14.7 Å². The summed E-state index contributed by atoms with van der Waals surface area (Å²) in [5.74, 6) is 0.107. The van der Waals surface area contributed by atoms with Crippen LogP contribution in [0.25, 0.3) is 0 Å². The number of carboxylic acid groups (broad SMARTS) is 1. The molecule has 2 amide bonds. The molecule has 0 bridgehead atoms. The predicted octanol–water partition coefficient (Wildman–Crippen LogP) is 1.78. The summed E-state index contributed by atoms with van der Waals surface area (Å²) >= 11 is 3.38. The minimum absolute atomic E-state index is 0.0980. The third-order valence-electron chi connectivity index (χ3n) is 3.69. The van der Waals surface area contributed by atoms with Crippen molar-refractivity contribution in [2.75, 3.05) is 31.0 Å². The van der Waals surface area contributed by atoms with Gasteiger partial charge in [-0.15, -0.1) is 11.8 Å². The lowest BCUT2D eigenvalue weighted by Crippen LogP contribution is -2.49. The first-order valence-corrected chi connectivity index (χ1v) is 8.96. The topological polar surface area (TPSA) is 60.9 Å². The van der Waals surface area contributed by atoms with Gasteiger partial charge in [0, 0.05) is 24.1 Å². The molecular weight excluding hydrogens is 284 g/mol. The van der Waals surface area contributed by atoms with E-state index in [1.807, 2.05) is 16.7 Å². The molecule has 1 N–H and O–H groups in total. The van der Waals surface area contributed by atoms with Crippen LogP contribution in [0.1, 0.15) is 19.3 Å². The second kappa shape index (κ2) is 6.74. The third-order valence-corrected chi connectivity index (χ3v) is 5.84. The number of likely N-dealkylation sites (tertiary alicyclic amines) is 1. The Morgan fingerprint density at radius 1 is 1.32 bits per heavy atom. The fourth-order valence-electron chi connectivity index (χ4n) is 2.51. The molecule has 2 rings (SSSR count). The molecule has 2 aliphatic rings. The second-order valence-corrected chi connectivity index (χ2v) is 7.02. The summed E-state index contributed by atoms with van der Waals surface area (Å²) in [5.41, 5.74) is 0. The van der Waals surface area contributed by atoms with Gasteiger partial charge in [0.25, 0.3) is 0 Å². The van der Waals surface area contributed by atoms with Gasteiger partial charge in [0.2, 0.25) is 0 Å². The Morgan fingerprint density at radius 3 is 2.79 bits per heavy atom. The highest BCUT2D eigenvalue weighted by atomic mass is 32.2. The second-order valence-electron chi connectivity index (χ2n) is 4.88. The first-order chi connectivity index (χ1) is 9.13. The van der Waals surface area contributed by atoms with E-state index >= 15 is 0 Å². The van der Waals surface area contributed by atoms with E-state index in [1.165, 1.54) is 16.7 Å². The van der Waals surface area contributed by atoms with Crippen molar-refractivity contribution in [1.29, 1.82) is 0 Å². The molecule has 2 unspecified atom stereocenters. The van der Waals surface area contributed by atoms with E-state index in [4.69, 9.17) is 5.11 Å². The quantitative estimate of drug-likeness (QED) is 0.842. The predicted molar refractivity (Wildman–Crippen MR) is 78.7 cm³/mol. The van der Waals surface area contributed by atoms with E-state index < -0.39 is 12.0 Å². The molecule has 0 aromatic rings. The molecule has 2 fully saturated rings. The van der Waals surface area contributed by atoms with Crippen molar-refractivity contribution in [3.63, 3.8) is 0 Å². The third kappa shape index (κ3) is 3.51. The van der Waals surface area contributed by atoms with Crippen molar-refractivity contribution in [2.45, 2.75) is 30.6 Å². The molecule has 0 aromatic heterocycles. The maximum absolute atomic E-state index is 12.4. The van der Waals surface area contributed by atoms with Gasteiger partial charge in [-0.3, -0.25) is 0 Å². The summed E-state index contributed by atoms with van der Waals surface area (Å²) in [5, 5.41) is 9.76. The van der Waals surface area contributed by atoms with Crippen molar-refractivity contribution in [2.24, 2.45) is 0 Å². The molecular formula is C12H20N2O3S2.